The predicted molar refractivity (Wildman–Crippen MR) is 71.7 cm³/mol. The van der Waals surface area contributed by atoms with Crippen LogP contribution in [0.2, 0.25) is 10.2 Å². The molecule has 1 atom stereocenters. The summed E-state index contributed by atoms with van der Waals surface area (Å²) >= 11 is 11.8. The first kappa shape index (κ1) is 14.2. The molecule has 0 aromatic carbocycles. The lowest BCUT2D eigenvalue weighted by Gasteiger charge is -2.20. The zero-order chi connectivity index (χ0) is 14.4. The first-order valence-electron chi connectivity index (χ1n) is 5.79. The van der Waals surface area contributed by atoms with Gasteiger partial charge in [0.2, 0.25) is 0 Å². The number of rotatable bonds is 2. The van der Waals surface area contributed by atoms with Gasteiger partial charge in [-0.05, 0) is 19.4 Å². The van der Waals surface area contributed by atoms with Crippen LogP contribution in [0.15, 0.2) is 6.07 Å². The summed E-state index contributed by atoms with van der Waals surface area (Å²) in [4.78, 5) is 25.0. The molecule has 1 aromatic heterocycles. The molecule has 1 aromatic rings. The fourth-order valence-electron chi connectivity index (χ4n) is 2.22. The molecule has 0 saturated carbocycles. The van der Waals surface area contributed by atoms with Crippen LogP contribution in [0.5, 0.6) is 0 Å². The van der Waals surface area contributed by atoms with Gasteiger partial charge in [0.15, 0.2) is 0 Å². The molecule has 0 spiro atoms. The molecule has 1 saturated heterocycles. The molecule has 0 radical (unpaired) electrons. The zero-order valence-corrected chi connectivity index (χ0v) is 12.1. The van der Waals surface area contributed by atoms with Gasteiger partial charge >= 0.3 is 5.97 Å². The number of halogens is 2. The lowest BCUT2D eigenvalue weighted by atomic mass is 9.90. The number of nitrogens with zero attached hydrogens (tertiary/aromatic N) is 2. The van der Waals surface area contributed by atoms with E-state index < -0.39 is 11.4 Å². The van der Waals surface area contributed by atoms with Gasteiger partial charge in [0.05, 0.1) is 10.4 Å². The summed E-state index contributed by atoms with van der Waals surface area (Å²) in [5.41, 5.74) is -0.515. The Morgan fingerprint density at radius 3 is 2.47 bits per heavy atom. The van der Waals surface area contributed by atoms with Crippen LogP contribution in [0, 0.1) is 5.41 Å². The quantitative estimate of drug-likeness (QED) is 0.911. The average Bonchev–Trinajstić information content (AvgIpc) is 2.86. The third kappa shape index (κ3) is 2.32. The minimum atomic E-state index is -0.884. The summed E-state index contributed by atoms with van der Waals surface area (Å²) in [5.74, 6) is -1.13. The molecule has 7 heteroatoms. The van der Waals surface area contributed by atoms with Crippen molar-refractivity contribution in [1.82, 2.24) is 9.47 Å². The average molecular weight is 305 g/mol. The van der Waals surface area contributed by atoms with Gasteiger partial charge < -0.3 is 14.6 Å². The molecule has 2 rings (SSSR count). The number of aliphatic carboxylic acids is 1. The van der Waals surface area contributed by atoms with E-state index in [1.54, 1.807) is 14.0 Å². The van der Waals surface area contributed by atoms with Gasteiger partial charge in [-0.15, -0.1) is 0 Å². The molecule has 1 N–H and O–H groups in total. The van der Waals surface area contributed by atoms with Gasteiger partial charge in [0.1, 0.15) is 10.8 Å². The number of hydrogen-bond donors (Lipinski definition) is 1. The molecule has 0 bridgehead atoms. The van der Waals surface area contributed by atoms with Gasteiger partial charge in [-0.1, -0.05) is 23.2 Å². The number of carbonyl (C=O) groups is 2. The Bertz CT molecular complexity index is 555. The fraction of sp³-hybridized carbons (Fsp3) is 0.500. The summed E-state index contributed by atoms with van der Waals surface area (Å²) in [7, 11) is 1.65. The molecule has 0 aliphatic carbocycles. The van der Waals surface area contributed by atoms with E-state index in [1.165, 1.54) is 15.5 Å². The van der Waals surface area contributed by atoms with Crippen LogP contribution in [0.3, 0.4) is 0 Å². The van der Waals surface area contributed by atoms with Crippen LogP contribution < -0.4 is 0 Å². The van der Waals surface area contributed by atoms with E-state index in [1.807, 2.05) is 0 Å². The Morgan fingerprint density at radius 1 is 1.42 bits per heavy atom. The number of likely N-dealkylation sites (tertiary alicyclic amines) is 1. The second-order valence-corrected chi connectivity index (χ2v) is 5.84. The van der Waals surface area contributed by atoms with E-state index in [-0.39, 0.29) is 12.5 Å². The van der Waals surface area contributed by atoms with E-state index >= 15 is 0 Å². The predicted octanol–water partition coefficient (Wildman–Crippen LogP) is 2.27. The molecule has 19 heavy (non-hydrogen) atoms. The Labute approximate surface area is 120 Å². The molecule has 5 nitrogen and oxygen atoms in total. The van der Waals surface area contributed by atoms with Crippen molar-refractivity contribution in [3.8, 4) is 0 Å². The number of carboxylic acids is 1. The molecule has 104 valence electrons. The monoisotopic (exact) mass is 304 g/mol. The minimum absolute atomic E-state index is 0.196. The SMILES string of the molecule is Cn1c(C(=O)N2CC[C@@](C)(C(=O)O)C2)cc(Cl)c1Cl. The van der Waals surface area contributed by atoms with Gasteiger partial charge in [0, 0.05) is 20.1 Å². The highest BCUT2D eigenvalue weighted by molar-refractivity contribution is 6.41. The number of carbonyl (C=O) groups excluding carboxylic acids is 1. The number of carboxylic acid groups (broad SMARTS) is 1. The summed E-state index contributed by atoms with van der Waals surface area (Å²) in [6, 6.07) is 1.50. The Balaban J connectivity index is 2.23. The third-order valence-electron chi connectivity index (χ3n) is 3.61. The van der Waals surface area contributed by atoms with Gasteiger partial charge in [-0.2, -0.15) is 0 Å². The first-order valence-corrected chi connectivity index (χ1v) is 6.55. The van der Waals surface area contributed by atoms with Crippen molar-refractivity contribution < 1.29 is 14.7 Å². The molecule has 0 unspecified atom stereocenters. The van der Waals surface area contributed by atoms with Crippen LogP contribution in [0.4, 0.5) is 0 Å². The molecular weight excluding hydrogens is 291 g/mol. The summed E-state index contributed by atoms with van der Waals surface area (Å²) < 4.78 is 1.50. The highest BCUT2D eigenvalue weighted by Gasteiger charge is 2.42. The van der Waals surface area contributed by atoms with E-state index in [0.717, 1.165) is 0 Å². The highest BCUT2D eigenvalue weighted by atomic mass is 35.5. The van der Waals surface area contributed by atoms with E-state index in [2.05, 4.69) is 0 Å². The number of aromatic nitrogens is 1. The highest BCUT2D eigenvalue weighted by Crippen LogP contribution is 2.32. The van der Waals surface area contributed by atoms with Crippen molar-refractivity contribution in [2.75, 3.05) is 13.1 Å². The van der Waals surface area contributed by atoms with Gasteiger partial charge in [-0.3, -0.25) is 9.59 Å². The molecule has 1 aliphatic rings. The Morgan fingerprint density at radius 2 is 2.05 bits per heavy atom. The molecule has 2 heterocycles. The summed E-state index contributed by atoms with van der Waals surface area (Å²) in [6.07, 6.45) is 0.444. The smallest absolute Gasteiger partial charge is 0.311 e. The summed E-state index contributed by atoms with van der Waals surface area (Å²) in [6.45, 7) is 2.26. The zero-order valence-electron chi connectivity index (χ0n) is 10.6. The van der Waals surface area contributed by atoms with Gasteiger partial charge in [-0.25, -0.2) is 0 Å². The Hall–Kier alpha value is -1.20. The van der Waals surface area contributed by atoms with E-state index in [4.69, 9.17) is 28.3 Å². The van der Waals surface area contributed by atoms with Crippen molar-refractivity contribution in [3.05, 3.63) is 21.9 Å². The van der Waals surface area contributed by atoms with Crippen LogP contribution >= 0.6 is 23.2 Å². The van der Waals surface area contributed by atoms with Gasteiger partial charge in [0.25, 0.3) is 5.91 Å². The number of amides is 1. The Kier molecular flexibility index (Phi) is 3.53. The van der Waals surface area contributed by atoms with Crippen LogP contribution in [-0.4, -0.2) is 39.5 Å². The van der Waals surface area contributed by atoms with Crippen LogP contribution in [0.25, 0.3) is 0 Å². The number of hydrogen-bond acceptors (Lipinski definition) is 2. The van der Waals surface area contributed by atoms with Crippen molar-refractivity contribution in [3.63, 3.8) is 0 Å². The van der Waals surface area contributed by atoms with Crippen molar-refractivity contribution >= 4 is 35.1 Å². The van der Waals surface area contributed by atoms with Crippen LogP contribution in [0.1, 0.15) is 23.8 Å². The second-order valence-electron chi connectivity index (χ2n) is 5.07. The first-order chi connectivity index (χ1) is 8.76. The molecule has 1 amide bonds. The van der Waals surface area contributed by atoms with Crippen molar-refractivity contribution in [2.24, 2.45) is 12.5 Å². The molecular formula is C12H14Cl2N2O3. The lowest BCUT2D eigenvalue weighted by Crippen LogP contribution is -2.35. The maximum atomic E-state index is 12.3. The largest absolute Gasteiger partial charge is 0.481 e. The van der Waals surface area contributed by atoms with E-state index in [0.29, 0.717) is 28.8 Å². The summed E-state index contributed by atoms with van der Waals surface area (Å²) in [5, 5.41) is 9.77. The molecule has 1 fully saturated rings. The maximum absolute atomic E-state index is 12.3. The third-order valence-corrected chi connectivity index (χ3v) is 4.45. The fourth-order valence-corrected chi connectivity index (χ4v) is 2.59. The second kappa shape index (κ2) is 4.72. The lowest BCUT2D eigenvalue weighted by molar-refractivity contribution is -0.147. The standard InChI is InChI=1S/C12H14Cl2N2O3/c1-12(11(18)19)3-4-16(6-12)10(17)8-5-7(13)9(14)15(8)2/h5H,3-4,6H2,1-2H3,(H,18,19)/t12-/m1/s1. The maximum Gasteiger partial charge on any atom is 0.311 e. The van der Waals surface area contributed by atoms with E-state index in [9.17, 15) is 9.59 Å². The molecule has 1 aliphatic heterocycles. The van der Waals surface area contributed by atoms with Crippen molar-refractivity contribution in [2.45, 2.75) is 13.3 Å². The van der Waals surface area contributed by atoms with Crippen molar-refractivity contribution in [1.29, 1.82) is 0 Å². The normalized spacial score (nSPS) is 22.8. The minimum Gasteiger partial charge on any atom is -0.481 e. The van der Waals surface area contributed by atoms with Crippen LogP contribution in [-0.2, 0) is 11.8 Å². The topological polar surface area (TPSA) is 62.5 Å².